The van der Waals surface area contributed by atoms with Crippen LogP contribution in [0, 0.1) is 11.8 Å². The summed E-state index contributed by atoms with van der Waals surface area (Å²) in [6.07, 6.45) is -1.43. The van der Waals surface area contributed by atoms with Crippen molar-refractivity contribution in [2.24, 2.45) is 0 Å². The van der Waals surface area contributed by atoms with Gasteiger partial charge < -0.3 is 9.47 Å². The van der Waals surface area contributed by atoms with Crippen LogP contribution in [0.15, 0.2) is 36.4 Å². The van der Waals surface area contributed by atoms with Crippen molar-refractivity contribution in [1.29, 1.82) is 0 Å². The first-order valence-corrected chi connectivity index (χ1v) is 9.09. The predicted molar refractivity (Wildman–Crippen MR) is 111 cm³/mol. The molecule has 10 heteroatoms. The molecule has 146 valence electrons. The quantitative estimate of drug-likeness (QED) is 0.539. The fraction of sp³-hybridized carbons (Fsp3) is 0.111. The van der Waals surface area contributed by atoms with Gasteiger partial charge in [-0.15, -0.1) is 0 Å². The molecule has 0 spiro atoms. The predicted octanol–water partition coefficient (Wildman–Crippen LogP) is 6.10. The van der Waals surface area contributed by atoms with E-state index in [0.717, 1.165) is 0 Å². The second-order valence-corrected chi connectivity index (χ2v) is 6.64. The highest BCUT2D eigenvalue weighted by molar-refractivity contribution is 6.42. The van der Waals surface area contributed by atoms with Gasteiger partial charge in [-0.25, -0.2) is 9.59 Å². The van der Waals surface area contributed by atoms with Crippen molar-refractivity contribution in [3.63, 3.8) is 0 Å². The first-order valence-electron chi connectivity index (χ1n) is 7.58. The van der Waals surface area contributed by atoms with Gasteiger partial charge in [0.1, 0.15) is 0 Å². The Morgan fingerprint density at radius 2 is 1.11 bits per heavy atom. The Bertz CT molecular complexity index is 867. The average molecular weight is 462 g/mol. The van der Waals surface area contributed by atoms with Gasteiger partial charge in [-0.2, -0.15) is 0 Å². The molecule has 6 nitrogen and oxygen atoms in total. The Morgan fingerprint density at radius 1 is 0.714 bits per heavy atom. The van der Waals surface area contributed by atoms with Crippen molar-refractivity contribution < 1.29 is 19.1 Å². The van der Waals surface area contributed by atoms with Gasteiger partial charge in [0, 0.05) is 11.4 Å². The third kappa shape index (κ3) is 7.37. The lowest BCUT2D eigenvalue weighted by Gasteiger charge is -2.06. The molecule has 0 aliphatic carbocycles. The highest BCUT2D eigenvalue weighted by Gasteiger charge is 2.06. The Labute approximate surface area is 181 Å². The first kappa shape index (κ1) is 22.0. The standard InChI is InChI=1S/C18H12Cl4N2O4/c19-13-5-3-11(9-15(13)21)23-17(25)27-7-1-2-8-28-18(26)24-12-4-6-14(20)16(22)10-12/h3-6,9-10H,7-8H2,(H,23,25)(H,24,26). The lowest BCUT2D eigenvalue weighted by atomic mass is 10.3. The van der Waals surface area contributed by atoms with Crippen molar-refractivity contribution in [2.45, 2.75) is 0 Å². The lowest BCUT2D eigenvalue weighted by Crippen LogP contribution is -2.14. The summed E-state index contributed by atoms with van der Waals surface area (Å²) in [5, 5.41) is 6.28. The normalized spacial score (nSPS) is 9.71. The second-order valence-electron chi connectivity index (χ2n) is 5.01. The third-order valence-corrected chi connectivity index (χ3v) is 4.49. The third-order valence-electron chi connectivity index (χ3n) is 3.01. The fourth-order valence-electron chi connectivity index (χ4n) is 1.76. The summed E-state index contributed by atoms with van der Waals surface area (Å²) in [5.74, 6) is 5.07. The molecule has 0 atom stereocenters. The average Bonchev–Trinajstić information content (AvgIpc) is 2.64. The summed E-state index contributed by atoms with van der Waals surface area (Å²) < 4.78 is 9.72. The molecular weight excluding hydrogens is 450 g/mol. The van der Waals surface area contributed by atoms with E-state index < -0.39 is 12.2 Å². The van der Waals surface area contributed by atoms with Gasteiger partial charge in [-0.1, -0.05) is 58.2 Å². The topological polar surface area (TPSA) is 76.7 Å². The van der Waals surface area contributed by atoms with Crippen molar-refractivity contribution in [3.05, 3.63) is 56.5 Å². The molecule has 2 aromatic carbocycles. The molecule has 0 bridgehead atoms. The molecule has 0 saturated heterocycles. The van der Waals surface area contributed by atoms with Crippen molar-refractivity contribution in [3.8, 4) is 11.8 Å². The SMILES string of the molecule is O=C(Nc1ccc(Cl)c(Cl)c1)OCC#CCOC(=O)Nc1ccc(Cl)c(Cl)c1. The van der Waals surface area contributed by atoms with Gasteiger partial charge in [0.05, 0.1) is 20.1 Å². The van der Waals surface area contributed by atoms with E-state index in [2.05, 4.69) is 22.5 Å². The molecule has 2 N–H and O–H groups in total. The summed E-state index contributed by atoms with van der Waals surface area (Å²) in [6.45, 7) is -0.379. The zero-order valence-electron chi connectivity index (χ0n) is 14.0. The number of halogens is 4. The highest BCUT2D eigenvalue weighted by Crippen LogP contribution is 2.25. The van der Waals surface area contributed by atoms with Crippen LogP contribution in [0.5, 0.6) is 0 Å². The van der Waals surface area contributed by atoms with Gasteiger partial charge in [-0.05, 0) is 36.4 Å². The van der Waals surface area contributed by atoms with Crippen LogP contribution in [0.3, 0.4) is 0 Å². The lowest BCUT2D eigenvalue weighted by molar-refractivity contribution is 0.173. The van der Waals surface area contributed by atoms with Gasteiger partial charge >= 0.3 is 12.2 Å². The van der Waals surface area contributed by atoms with Crippen molar-refractivity contribution >= 4 is 70.0 Å². The molecular formula is C18H12Cl4N2O4. The number of hydrogen-bond acceptors (Lipinski definition) is 4. The maximum Gasteiger partial charge on any atom is 0.412 e. The van der Waals surface area contributed by atoms with Crippen LogP contribution < -0.4 is 10.6 Å². The minimum atomic E-state index is -0.717. The Morgan fingerprint density at radius 3 is 1.46 bits per heavy atom. The number of ether oxygens (including phenoxy) is 2. The summed E-state index contributed by atoms with van der Waals surface area (Å²) in [5.41, 5.74) is 0.851. The molecule has 0 aliphatic heterocycles. The summed E-state index contributed by atoms with van der Waals surface area (Å²) in [4.78, 5) is 23.2. The van der Waals surface area contributed by atoms with Crippen molar-refractivity contribution in [2.75, 3.05) is 23.8 Å². The molecule has 2 amide bonds. The molecule has 0 unspecified atom stereocenters. The van der Waals surface area contributed by atoms with Crippen molar-refractivity contribution in [1.82, 2.24) is 0 Å². The largest absolute Gasteiger partial charge is 0.436 e. The van der Waals surface area contributed by atoms with E-state index in [1.807, 2.05) is 0 Å². The summed E-state index contributed by atoms with van der Waals surface area (Å²) in [7, 11) is 0. The van der Waals surface area contributed by atoms with Gasteiger partial charge in [0.15, 0.2) is 13.2 Å². The first-order chi connectivity index (χ1) is 13.3. The second kappa shape index (κ2) is 10.9. The maximum atomic E-state index is 11.6. The minimum Gasteiger partial charge on any atom is -0.436 e. The molecule has 0 heterocycles. The van der Waals surface area contributed by atoms with Crippen LogP contribution in [0.2, 0.25) is 20.1 Å². The Balaban J connectivity index is 1.67. The number of carbonyl (C=O) groups excluding carboxylic acids is 2. The molecule has 0 saturated carbocycles. The number of amides is 2. The number of hydrogen-bond donors (Lipinski definition) is 2. The van der Waals surface area contributed by atoms with Crippen LogP contribution in [-0.2, 0) is 9.47 Å². The summed E-state index contributed by atoms with van der Waals surface area (Å²) in [6, 6.07) is 9.19. The molecule has 0 aromatic heterocycles. The van der Waals surface area contributed by atoms with Crippen LogP contribution in [0.25, 0.3) is 0 Å². The number of carbonyl (C=O) groups is 2. The number of rotatable bonds is 4. The van der Waals surface area contributed by atoms with Crippen LogP contribution in [0.4, 0.5) is 21.0 Å². The van der Waals surface area contributed by atoms with Gasteiger partial charge in [-0.3, -0.25) is 10.6 Å². The number of nitrogens with one attached hydrogen (secondary N) is 2. The molecule has 0 aliphatic rings. The zero-order chi connectivity index (χ0) is 20.5. The van der Waals surface area contributed by atoms with Crippen LogP contribution >= 0.6 is 46.4 Å². The number of anilines is 2. The van der Waals surface area contributed by atoms with E-state index in [0.29, 0.717) is 31.5 Å². The molecule has 0 radical (unpaired) electrons. The monoisotopic (exact) mass is 460 g/mol. The highest BCUT2D eigenvalue weighted by atomic mass is 35.5. The van der Waals surface area contributed by atoms with Gasteiger partial charge in [0.2, 0.25) is 0 Å². The Kier molecular flexibility index (Phi) is 8.55. The van der Waals surface area contributed by atoms with E-state index in [9.17, 15) is 9.59 Å². The van der Waals surface area contributed by atoms with E-state index in [4.69, 9.17) is 55.9 Å². The minimum absolute atomic E-state index is 0.190. The van der Waals surface area contributed by atoms with E-state index in [1.54, 1.807) is 24.3 Å². The van der Waals surface area contributed by atoms with Crippen LogP contribution in [0.1, 0.15) is 0 Å². The van der Waals surface area contributed by atoms with Gasteiger partial charge in [0.25, 0.3) is 0 Å². The van der Waals surface area contributed by atoms with E-state index in [-0.39, 0.29) is 13.2 Å². The summed E-state index contributed by atoms with van der Waals surface area (Å²) >= 11 is 23.3. The smallest absolute Gasteiger partial charge is 0.412 e. The molecule has 28 heavy (non-hydrogen) atoms. The molecule has 2 aromatic rings. The fourth-order valence-corrected chi connectivity index (χ4v) is 2.36. The van der Waals surface area contributed by atoms with Crippen LogP contribution in [-0.4, -0.2) is 25.4 Å². The Hall–Kier alpha value is -2.30. The molecule has 0 fully saturated rings. The number of benzene rings is 2. The van der Waals surface area contributed by atoms with E-state index in [1.165, 1.54) is 12.1 Å². The molecule has 2 rings (SSSR count). The zero-order valence-corrected chi connectivity index (χ0v) is 17.0. The maximum absolute atomic E-state index is 11.6. The van der Waals surface area contributed by atoms with E-state index >= 15 is 0 Å².